The van der Waals surface area contributed by atoms with Gasteiger partial charge in [0.2, 0.25) is 11.8 Å². The summed E-state index contributed by atoms with van der Waals surface area (Å²) in [6, 6.07) is 5.87. The van der Waals surface area contributed by atoms with Crippen molar-refractivity contribution in [3.63, 3.8) is 0 Å². The average molecular weight is 445 g/mol. The highest BCUT2D eigenvalue weighted by molar-refractivity contribution is 7.99. The molecule has 1 aromatic carbocycles. The smallest absolute Gasteiger partial charge is 0.236 e. The van der Waals surface area contributed by atoms with Crippen molar-refractivity contribution < 1.29 is 9.59 Å². The maximum atomic E-state index is 12.4. The lowest BCUT2D eigenvalue weighted by Crippen LogP contribution is -2.18. The van der Waals surface area contributed by atoms with E-state index in [1.54, 1.807) is 11.6 Å². The molecule has 2 aromatic heterocycles. The largest absolute Gasteiger partial charge is 0.325 e. The number of aromatic nitrogens is 4. The molecule has 0 aliphatic carbocycles. The Bertz CT molecular complexity index is 1070. The molecule has 8 nitrogen and oxygen atoms in total. The van der Waals surface area contributed by atoms with E-state index in [0.29, 0.717) is 16.1 Å². The molecule has 158 valence electrons. The lowest BCUT2D eigenvalue weighted by atomic mass is 10.1. The van der Waals surface area contributed by atoms with Crippen molar-refractivity contribution in [1.82, 2.24) is 19.7 Å². The van der Waals surface area contributed by atoms with Crippen molar-refractivity contribution in [3.05, 3.63) is 45.7 Å². The number of nitrogens with one attached hydrogen (secondary N) is 2. The molecular weight excluding hydrogens is 420 g/mol. The van der Waals surface area contributed by atoms with Crippen LogP contribution in [-0.4, -0.2) is 37.3 Å². The van der Waals surface area contributed by atoms with E-state index in [0.717, 1.165) is 27.4 Å². The normalized spacial score (nSPS) is 10.8. The predicted molar refractivity (Wildman–Crippen MR) is 120 cm³/mol. The quantitative estimate of drug-likeness (QED) is 0.542. The van der Waals surface area contributed by atoms with Gasteiger partial charge in [-0.1, -0.05) is 29.5 Å². The Morgan fingerprint density at radius 2 is 1.87 bits per heavy atom. The first kappa shape index (κ1) is 22.0. The Morgan fingerprint density at radius 3 is 2.53 bits per heavy atom. The molecule has 0 bridgehead atoms. The molecule has 2 amide bonds. The highest BCUT2D eigenvalue weighted by Gasteiger charge is 2.16. The summed E-state index contributed by atoms with van der Waals surface area (Å²) in [5.74, 6) is 0.386. The number of benzene rings is 1. The zero-order valence-corrected chi connectivity index (χ0v) is 19.2. The Kier molecular flexibility index (Phi) is 6.88. The van der Waals surface area contributed by atoms with E-state index >= 15 is 0 Å². The molecule has 0 radical (unpaired) electrons. The third-order valence-corrected chi connectivity index (χ3v) is 6.52. The fraction of sp³-hybridized carbons (Fsp3) is 0.350. The van der Waals surface area contributed by atoms with Crippen LogP contribution < -0.4 is 10.6 Å². The lowest BCUT2D eigenvalue weighted by molar-refractivity contribution is -0.116. The van der Waals surface area contributed by atoms with Crippen molar-refractivity contribution in [2.45, 2.75) is 39.3 Å². The van der Waals surface area contributed by atoms with Gasteiger partial charge < -0.3 is 15.2 Å². The predicted octanol–water partition coefficient (Wildman–Crippen LogP) is 3.42. The first-order chi connectivity index (χ1) is 14.2. The summed E-state index contributed by atoms with van der Waals surface area (Å²) in [4.78, 5) is 30.0. The van der Waals surface area contributed by atoms with Crippen LogP contribution in [0.4, 0.5) is 10.8 Å². The van der Waals surface area contributed by atoms with Gasteiger partial charge in [-0.3, -0.25) is 9.59 Å². The molecule has 0 atom stereocenters. The van der Waals surface area contributed by atoms with E-state index in [9.17, 15) is 9.59 Å². The van der Waals surface area contributed by atoms with E-state index < -0.39 is 0 Å². The summed E-state index contributed by atoms with van der Waals surface area (Å²) < 4.78 is 1.73. The Morgan fingerprint density at radius 1 is 1.10 bits per heavy atom. The number of amides is 2. The van der Waals surface area contributed by atoms with Gasteiger partial charge in [-0.25, -0.2) is 4.98 Å². The van der Waals surface area contributed by atoms with Crippen LogP contribution in [0.1, 0.15) is 27.5 Å². The monoisotopic (exact) mass is 444 g/mol. The van der Waals surface area contributed by atoms with E-state index in [-0.39, 0.29) is 24.0 Å². The standard InChI is InChI=1S/C20H24N6O2S2/c1-11-6-7-15(12(2)8-11)22-17(27)9-16-24-25-20(26(16)5)29-10-18(28)23-19-21-13(3)14(4)30-19/h6-8H,9-10H2,1-5H3,(H,22,27)(H,21,23,28). The third-order valence-electron chi connectivity index (χ3n) is 4.51. The number of nitrogens with zero attached hydrogens (tertiary/aromatic N) is 4. The van der Waals surface area contributed by atoms with E-state index in [4.69, 9.17) is 0 Å². The van der Waals surface area contributed by atoms with Gasteiger partial charge in [0.25, 0.3) is 0 Å². The molecule has 0 unspecified atom stereocenters. The molecule has 0 spiro atoms. The Balaban J connectivity index is 1.54. The van der Waals surface area contributed by atoms with E-state index in [1.807, 2.05) is 45.9 Å². The van der Waals surface area contributed by atoms with Crippen LogP contribution in [0, 0.1) is 27.7 Å². The summed E-state index contributed by atoms with van der Waals surface area (Å²) in [6.45, 7) is 7.85. The second-order valence-electron chi connectivity index (χ2n) is 7.00. The number of anilines is 2. The number of thiazole rings is 1. The summed E-state index contributed by atoms with van der Waals surface area (Å²) in [5, 5.41) is 15.1. The fourth-order valence-electron chi connectivity index (χ4n) is 2.73. The number of carbonyl (C=O) groups excluding carboxylic acids is 2. The zero-order valence-electron chi connectivity index (χ0n) is 17.6. The summed E-state index contributed by atoms with van der Waals surface area (Å²) in [5.41, 5.74) is 3.85. The minimum Gasteiger partial charge on any atom is -0.325 e. The van der Waals surface area contributed by atoms with Crippen LogP contribution in [0.5, 0.6) is 0 Å². The van der Waals surface area contributed by atoms with Gasteiger partial charge in [-0.15, -0.1) is 21.5 Å². The molecule has 0 aliphatic heterocycles. The van der Waals surface area contributed by atoms with Gasteiger partial charge in [0, 0.05) is 17.6 Å². The zero-order chi connectivity index (χ0) is 21.8. The SMILES string of the molecule is Cc1ccc(NC(=O)Cc2nnc(SCC(=O)Nc3nc(C)c(C)s3)n2C)c(C)c1. The summed E-state index contributed by atoms with van der Waals surface area (Å²) in [6.07, 6.45) is 0.0985. The molecule has 3 aromatic rings. The van der Waals surface area contributed by atoms with Gasteiger partial charge in [-0.05, 0) is 39.3 Å². The number of rotatable bonds is 7. The minimum atomic E-state index is -0.166. The highest BCUT2D eigenvalue weighted by atomic mass is 32.2. The van der Waals surface area contributed by atoms with Gasteiger partial charge in [-0.2, -0.15) is 0 Å². The van der Waals surface area contributed by atoms with Crippen LogP contribution >= 0.6 is 23.1 Å². The number of thioether (sulfide) groups is 1. The average Bonchev–Trinajstić information content (AvgIpc) is 3.17. The minimum absolute atomic E-state index is 0.0985. The molecule has 30 heavy (non-hydrogen) atoms. The van der Waals surface area contributed by atoms with Crippen molar-refractivity contribution in [3.8, 4) is 0 Å². The highest BCUT2D eigenvalue weighted by Crippen LogP contribution is 2.22. The number of hydrogen-bond donors (Lipinski definition) is 2. The van der Waals surface area contributed by atoms with Gasteiger partial charge in [0.1, 0.15) is 5.82 Å². The summed E-state index contributed by atoms with van der Waals surface area (Å²) >= 11 is 2.71. The van der Waals surface area contributed by atoms with Crippen LogP contribution in [0.25, 0.3) is 0 Å². The molecule has 3 rings (SSSR count). The van der Waals surface area contributed by atoms with Crippen molar-refractivity contribution >= 4 is 45.7 Å². The first-order valence-electron chi connectivity index (χ1n) is 9.35. The van der Waals surface area contributed by atoms with Crippen LogP contribution in [0.15, 0.2) is 23.4 Å². The van der Waals surface area contributed by atoms with Gasteiger partial charge in [0.05, 0.1) is 17.9 Å². The van der Waals surface area contributed by atoms with Gasteiger partial charge in [0.15, 0.2) is 10.3 Å². The van der Waals surface area contributed by atoms with E-state index in [1.165, 1.54) is 23.1 Å². The van der Waals surface area contributed by atoms with Crippen LogP contribution in [0.3, 0.4) is 0 Å². The fourth-order valence-corrected chi connectivity index (χ4v) is 4.29. The Labute approximate surface area is 183 Å². The number of aryl methyl sites for hydroxylation is 4. The van der Waals surface area contributed by atoms with Crippen molar-refractivity contribution in [1.29, 1.82) is 0 Å². The molecule has 0 aliphatic rings. The molecule has 10 heteroatoms. The van der Waals surface area contributed by atoms with E-state index in [2.05, 4.69) is 25.8 Å². The molecular formula is C20H24N6O2S2. The lowest BCUT2D eigenvalue weighted by Gasteiger charge is -2.09. The van der Waals surface area contributed by atoms with Crippen LogP contribution in [-0.2, 0) is 23.1 Å². The second-order valence-corrected chi connectivity index (χ2v) is 9.14. The number of carbonyl (C=O) groups is 2. The molecule has 0 fully saturated rings. The first-order valence-corrected chi connectivity index (χ1v) is 11.1. The van der Waals surface area contributed by atoms with Crippen LogP contribution in [0.2, 0.25) is 0 Å². The molecule has 2 N–H and O–H groups in total. The Hall–Kier alpha value is -2.72. The topological polar surface area (TPSA) is 102 Å². The second kappa shape index (κ2) is 9.40. The van der Waals surface area contributed by atoms with Crippen molar-refractivity contribution in [2.24, 2.45) is 7.05 Å². The molecule has 2 heterocycles. The third kappa shape index (κ3) is 5.45. The summed E-state index contributed by atoms with van der Waals surface area (Å²) in [7, 11) is 1.79. The number of hydrogen-bond acceptors (Lipinski definition) is 7. The van der Waals surface area contributed by atoms with Gasteiger partial charge >= 0.3 is 0 Å². The molecule has 0 saturated carbocycles. The maximum Gasteiger partial charge on any atom is 0.236 e. The molecule has 0 saturated heterocycles. The maximum absolute atomic E-state index is 12.4. The van der Waals surface area contributed by atoms with Crippen molar-refractivity contribution in [2.75, 3.05) is 16.4 Å².